The summed E-state index contributed by atoms with van der Waals surface area (Å²) in [5, 5.41) is 3.17. The minimum Gasteiger partial charge on any atom is -0.319 e. The van der Waals surface area contributed by atoms with Gasteiger partial charge in [0, 0.05) is 0 Å². The van der Waals surface area contributed by atoms with Gasteiger partial charge in [-0.3, -0.25) is 0 Å². The van der Waals surface area contributed by atoms with Gasteiger partial charge in [0.1, 0.15) is 0 Å². The number of hydrogen-bond acceptors (Lipinski definition) is 1. The van der Waals surface area contributed by atoms with E-state index >= 15 is 0 Å². The highest BCUT2D eigenvalue weighted by Crippen LogP contribution is 2.20. The van der Waals surface area contributed by atoms with E-state index in [2.05, 4.69) is 35.7 Å². The van der Waals surface area contributed by atoms with Crippen LogP contribution in [0.15, 0.2) is 24.3 Å². The van der Waals surface area contributed by atoms with Gasteiger partial charge in [-0.2, -0.15) is 0 Å². The number of fused-ring (bicyclic) bond motifs is 1. The Kier molecular flexibility index (Phi) is 2.46. The molecule has 1 aliphatic carbocycles. The molecule has 1 N–H and O–H groups in total. The molecule has 0 unspecified atom stereocenters. The Hall–Kier alpha value is -1.08. The highest BCUT2D eigenvalue weighted by molar-refractivity contribution is 5.60. The van der Waals surface area contributed by atoms with Crippen molar-refractivity contribution in [2.24, 2.45) is 0 Å². The maximum absolute atomic E-state index is 3.17. The smallest absolute Gasteiger partial charge is 0.00114 e. The number of likely N-dealkylation sites (N-methyl/N-ethyl adjacent to an activating group) is 1. The Labute approximate surface area is 79.5 Å². The molecule has 0 fully saturated rings. The lowest BCUT2D eigenvalue weighted by molar-refractivity contribution is 0.791. The Morgan fingerprint density at radius 3 is 3.15 bits per heavy atom. The predicted molar refractivity (Wildman–Crippen MR) is 56.8 cm³/mol. The van der Waals surface area contributed by atoms with E-state index in [1.807, 2.05) is 7.05 Å². The van der Waals surface area contributed by atoms with Crippen LogP contribution in [0.4, 0.5) is 0 Å². The third kappa shape index (κ3) is 1.81. The first-order valence-corrected chi connectivity index (χ1v) is 4.83. The van der Waals surface area contributed by atoms with Gasteiger partial charge < -0.3 is 5.32 Å². The zero-order chi connectivity index (χ0) is 9.10. The van der Waals surface area contributed by atoms with Gasteiger partial charge in [-0.15, -0.1) is 0 Å². The van der Waals surface area contributed by atoms with Crippen molar-refractivity contribution in [2.45, 2.75) is 12.8 Å². The van der Waals surface area contributed by atoms with E-state index in [0.717, 1.165) is 19.4 Å². The molecule has 13 heavy (non-hydrogen) atoms. The molecule has 0 amide bonds. The van der Waals surface area contributed by atoms with Gasteiger partial charge in [-0.1, -0.05) is 30.4 Å². The number of benzene rings is 1. The van der Waals surface area contributed by atoms with Crippen molar-refractivity contribution >= 4 is 6.08 Å². The van der Waals surface area contributed by atoms with Crippen LogP contribution in [-0.4, -0.2) is 13.6 Å². The van der Waals surface area contributed by atoms with E-state index in [1.165, 1.54) is 16.7 Å². The van der Waals surface area contributed by atoms with Crippen molar-refractivity contribution in [3.63, 3.8) is 0 Å². The van der Waals surface area contributed by atoms with Crippen molar-refractivity contribution in [1.29, 1.82) is 0 Å². The zero-order valence-electron chi connectivity index (χ0n) is 8.01. The average Bonchev–Trinajstić information content (AvgIpc) is 2.61. The van der Waals surface area contributed by atoms with E-state index in [-0.39, 0.29) is 0 Å². The summed E-state index contributed by atoms with van der Waals surface area (Å²) in [6.07, 6.45) is 6.68. The second-order valence-electron chi connectivity index (χ2n) is 3.49. The molecule has 1 aromatic carbocycles. The molecule has 1 aliphatic rings. The predicted octanol–water partition coefficient (Wildman–Crippen LogP) is 2.02. The molecule has 0 heterocycles. The minimum atomic E-state index is 1.06. The molecule has 0 aliphatic heterocycles. The number of hydrogen-bond donors (Lipinski definition) is 1. The number of allylic oxidation sites excluding steroid dienone is 1. The summed E-state index contributed by atoms with van der Waals surface area (Å²) < 4.78 is 0. The van der Waals surface area contributed by atoms with Crippen LogP contribution in [0.5, 0.6) is 0 Å². The van der Waals surface area contributed by atoms with Gasteiger partial charge in [-0.25, -0.2) is 0 Å². The van der Waals surface area contributed by atoms with Gasteiger partial charge in [0.2, 0.25) is 0 Å². The summed E-state index contributed by atoms with van der Waals surface area (Å²) in [6, 6.07) is 6.79. The molecule has 0 atom stereocenters. The summed E-state index contributed by atoms with van der Waals surface area (Å²) in [6.45, 7) is 1.06. The SMILES string of the molecule is CNCCc1ccc2c(c1)C=CC2. The molecular weight excluding hydrogens is 158 g/mol. The van der Waals surface area contributed by atoms with Crippen molar-refractivity contribution in [3.8, 4) is 0 Å². The van der Waals surface area contributed by atoms with Crippen molar-refractivity contribution in [2.75, 3.05) is 13.6 Å². The van der Waals surface area contributed by atoms with Crippen LogP contribution < -0.4 is 5.32 Å². The van der Waals surface area contributed by atoms with Crippen molar-refractivity contribution in [3.05, 3.63) is 41.0 Å². The van der Waals surface area contributed by atoms with Gasteiger partial charge in [0.15, 0.2) is 0 Å². The Morgan fingerprint density at radius 1 is 1.38 bits per heavy atom. The molecule has 0 aromatic heterocycles. The molecule has 0 bridgehead atoms. The largest absolute Gasteiger partial charge is 0.319 e. The van der Waals surface area contributed by atoms with Crippen LogP contribution in [-0.2, 0) is 12.8 Å². The van der Waals surface area contributed by atoms with Crippen LogP contribution in [0.2, 0.25) is 0 Å². The third-order valence-corrected chi connectivity index (χ3v) is 2.51. The van der Waals surface area contributed by atoms with Crippen molar-refractivity contribution < 1.29 is 0 Å². The fourth-order valence-electron chi connectivity index (χ4n) is 1.72. The lowest BCUT2D eigenvalue weighted by Crippen LogP contribution is -2.10. The lowest BCUT2D eigenvalue weighted by Gasteiger charge is -2.03. The van der Waals surface area contributed by atoms with E-state index in [4.69, 9.17) is 0 Å². The fraction of sp³-hybridized carbons (Fsp3) is 0.333. The fourth-order valence-corrected chi connectivity index (χ4v) is 1.72. The van der Waals surface area contributed by atoms with E-state index in [0.29, 0.717) is 0 Å². The van der Waals surface area contributed by atoms with Crippen LogP contribution in [0, 0.1) is 0 Å². The second kappa shape index (κ2) is 3.75. The molecule has 2 rings (SSSR count). The molecule has 1 aromatic rings. The third-order valence-electron chi connectivity index (χ3n) is 2.51. The van der Waals surface area contributed by atoms with Crippen LogP contribution in [0.25, 0.3) is 6.08 Å². The Balaban J connectivity index is 2.15. The first-order valence-electron chi connectivity index (χ1n) is 4.83. The van der Waals surface area contributed by atoms with Crippen molar-refractivity contribution in [1.82, 2.24) is 5.32 Å². The highest BCUT2D eigenvalue weighted by atomic mass is 14.8. The average molecular weight is 173 g/mol. The standard InChI is InChI=1S/C12H15N/c1-13-8-7-10-5-6-11-3-2-4-12(11)9-10/h2,4-6,9,13H,3,7-8H2,1H3. The summed E-state index contributed by atoms with van der Waals surface area (Å²) in [4.78, 5) is 0. The summed E-state index contributed by atoms with van der Waals surface area (Å²) in [7, 11) is 1.99. The summed E-state index contributed by atoms with van der Waals surface area (Å²) in [5.74, 6) is 0. The van der Waals surface area contributed by atoms with E-state index in [1.54, 1.807) is 0 Å². The molecule has 0 saturated carbocycles. The topological polar surface area (TPSA) is 12.0 Å². The summed E-state index contributed by atoms with van der Waals surface area (Å²) >= 11 is 0. The summed E-state index contributed by atoms with van der Waals surface area (Å²) in [5.41, 5.74) is 4.31. The first kappa shape index (κ1) is 8.52. The Morgan fingerprint density at radius 2 is 2.31 bits per heavy atom. The molecule has 0 spiro atoms. The first-order chi connectivity index (χ1) is 6.40. The van der Waals surface area contributed by atoms with E-state index in [9.17, 15) is 0 Å². The number of nitrogens with one attached hydrogen (secondary N) is 1. The lowest BCUT2D eigenvalue weighted by atomic mass is 10.0. The van der Waals surface area contributed by atoms with Gasteiger partial charge in [0.05, 0.1) is 0 Å². The van der Waals surface area contributed by atoms with E-state index < -0.39 is 0 Å². The monoisotopic (exact) mass is 173 g/mol. The zero-order valence-corrected chi connectivity index (χ0v) is 8.01. The van der Waals surface area contributed by atoms with Gasteiger partial charge >= 0.3 is 0 Å². The molecule has 68 valence electrons. The highest BCUT2D eigenvalue weighted by Gasteiger charge is 2.04. The van der Waals surface area contributed by atoms with Gasteiger partial charge in [0.25, 0.3) is 0 Å². The van der Waals surface area contributed by atoms with Crippen LogP contribution >= 0.6 is 0 Å². The number of rotatable bonds is 3. The van der Waals surface area contributed by atoms with Crippen LogP contribution in [0.1, 0.15) is 16.7 Å². The van der Waals surface area contributed by atoms with Crippen LogP contribution in [0.3, 0.4) is 0 Å². The maximum atomic E-state index is 3.17. The van der Waals surface area contributed by atoms with Gasteiger partial charge in [-0.05, 0) is 43.1 Å². The molecular formula is C12H15N. The molecule has 1 heteroatoms. The quantitative estimate of drug-likeness (QED) is 0.737. The molecule has 0 saturated heterocycles. The maximum Gasteiger partial charge on any atom is -0.00114 e. The molecule has 1 nitrogen and oxygen atoms in total. The Bertz CT molecular complexity index is 326. The second-order valence-corrected chi connectivity index (χ2v) is 3.49. The normalized spacial score (nSPS) is 13.3. The minimum absolute atomic E-state index is 1.06. The molecule has 0 radical (unpaired) electrons.